The minimum Gasteiger partial charge on any atom is -0.462 e. The van der Waals surface area contributed by atoms with E-state index in [9.17, 15) is 19.2 Å². The lowest BCUT2D eigenvalue weighted by atomic mass is 9.43. The third kappa shape index (κ3) is 6.36. The maximum atomic E-state index is 13.0. The number of rotatable bonds is 9. The highest BCUT2D eigenvalue weighted by Gasteiger charge is 2.64. The van der Waals surface area contributed by atoms with Crippen LogP contribution in [0.15, 0.2) is 0 Å². The highest BCUT2D eigenvalue weighted by molar-refractivity contribution is 5.81. The predicted octanol–water partition coefficient (Wildman–Crippen LogP) is 7.45. The first kappa shape index (κ1) is 35.2. The molecule has 1 heterocycles. The van der Waals surface area contributed by atoms with Gasteiger partial charge in [0.25, 0.3) is 0 Å². The van der Waals surface area contributed by atoms with E-state index in [0.29, 0.717) is 41.9 Å². The van der Waals surface area contributed by atoms with Gasteiger partial charge in [-0.25, -0.2) is 4.79 Å². The Morgan fingerprint density at radius 2 is 1.61 bits per heavy atom. The van der Waals surface area contributed by atoms with Crippen molar-refractivity contribution in [3.05, 3.63) is 0 Å². The molecular formula is C38H60O8. The summed E-state index contributed by atoms with van der Waals surface area (Å²) in [6.07, 6.45) is 8.82. The van der Waals surface area contributed by atoms with E-state index in [4.69, 9.17) is 18.9 Å². The van der Waals surface area contributed by atoms with Gasteiger partial charge in [0.2, 0.25) is 6.10 Å². The van der Waals surface area contributed by atoms with Crippen molar-refractivity contribution >= 4 is 23.9 Å². The Hall–Kier alpha value is -2.12. The molecule has 0 N–H and O–H groups in total. The van der Waals surface area contributed by atoms with Crippen LogP contribution in [0.4, 0.5) is 0 Å². The van der Waals surface area contributed by atoms with Crippen molar-refractivity contribution in [2.45, 2.75) is 151 Å². The van der Waals surface area contributed by atoms with Gasteiger partial charge in [0, 0.05) is 24.7 Å². The fourth-order valence-corrected chi connectivity index (χ4v) is 10.7. The van der Waals surface area contributed by atoms with Gasteiger partial charge in [-0.3, -0.25) is 14.4 Å². The highest BCUT2D eigenvalue weighted by atomic mass is 16.6. The molecule has 4 aliphatic carbocycles. The standard InChI is InChI=1S/C38H60O8/c1-10-35(4,5)34(42)45-25-15-17-37(8)24(19-25)20-29(44-23(3)39)31-27-13-12-26(38(27,9)18-16-28(31)37)22(2)11-14-30(40)46-32-33(41)43-21-36(32,6)7/h22,24-29,31-32H,10-21H2,1-9H3/t22?,24?,25-,26?,27?,28?,29+,31?,32?,37-,38+/m0/s1. The maximum Gasteiger partial charge on any atom is 0.348 e. The smallest absolute Gasteiger partial charge is 0.348 e. The molecule has 8 nitrogen and oxygen atoms in total. The van der Waals surface area contributed by atoms with E-state index in [1.165, 1.54) is 6.92 Å². The van der Waals surface area contributed by atoms with Gasteiger partial charge in [0.15, 0.2) is 0 Å². The molecule has 4 saturated carbocycles. The van der Waals surface area contributed by atoms with Crippen LogP contribution in [0.1, 0.15) is 133 Å². The van der Waals surface area contributed by atoms with Crippen LogP contribution in [0.5, 0.6) is 0 Å². The van der Waals surface area contributed by atoms with Gasteiger partial charge in [-0.05, 0) is 118 Å². The van der Waals surface area contributed by atoms with E-state index in [1.54, 1.807) is 0 Å². The number of ether oxygens (including phenoxy) is 4. The molecule has 8 heteroatoms. The summed E-state index contributed by atoms with van der Waals surface area (Å²) in [6, 6.07) is 0. The molecule has 0 aromatic heterocycles. The van der Waals surface area contributed by atoms with Gasteiger partial charge in [0.1, 0.15) is 18.8 Å². The summed E-state index contributed by atoms with van der Waals surface area (Å²) in [7, 11) is 0. The molecule has 46 heavy (non-hydrogen) atoms. The van der Waals surface area contributed by atoms with E-state index in [1.807, 2.05) is 34.6 Å². The molecule has 11 atom stereocenters. The van der Waals surface area contributed by atoms with Gasteiger partial charge in [-0.2, -0.15) is 0 Å². The number of hydrogen-bond acceptors (Lipinski definition) is 8. The monoisotopic (exact) mass is 644 g/mol. The van der Waals surface area contributed by atoms with Crippen molar-refractivity contribution < 1.29 is 38.1 Å². The fraction of sp³-hybridized carbons (Fsp3) is 0.895. The first-order chi connectivity index (χ1) is 21.4. The minimum absolute atomic E-state index is 0.0754. The van der Waals surface area contributed by atoms with E-state index in [-0.39, 0.29) is 47.6 Å². The van der Waals surface area contributed by atoms with Gasteiger partial charge < -0.3 is 18.9 Å². The number of hydrogen-bond donors (Lipinski definition) is 0. The lowest BCUT2D eigenvalue weighted by Gasteiger charge is -2.62. The van der Waals surface area contributed by atoms with Crippen LogP contribution in [0.25, 0.3) is 0 Å². The molecule has 0 spiro atoms. The summed E-state index contributed by atoms with van der Waals surface area (Å²) in [6.45, 7) is 18.7. The topological polar surface area (TPSA) is 105 Å². The number of esters is 4. The van der Waals surface area contributed by atoms with E-state index < -0.39 is 22.9 Å². The predicted molar refractivity (Wildman–Crippen MR) is 173 cm³/mol. The Morgan fingerprint density at radius 3 is 2.24 bits per heavy atom. The molecule has 5 fully saturated rings. The fourth-order valence-electron chi connectivity index (χ4n) is 10.7. The summed E-state index contributed by atoms with van der Waals surface area (Å²) in [5, 5.41) is 0. The zero-order valence-corrected chi connectivity index (χ0v) is 29.9. The normalized spacial score (nSPS) is 40.5. The molecule has 260 valence electrons. The van der Waals surface area contributed by atoms with Crippen LogP contribution in [-0.4, -0.2) is 48.8 Å². The number of carbonyl (C=O) groups excluding carboxylic acids is 4. The summed E-state index contributed by atoms with van der Waals surface area (Å²) in [5.74, 6) is 1.31. The molecule has 0 amide bonds. The quantitative estimate of drug-likeness (QED) is 0.188. The third-order valence-corrected chi connectivity index (χ3v) is 14.0. The van der Waals surface area contributed by atoms with Crippen molar-refractivity contribution in [1.29, 1.82) is 0 Å². The molecule has 0 bridgehead atoms. The summed E-state index contributed by atoms with van der Waals surface area (Å²) >= 11 is 0. The highest BCUT2D eigenvalue weighted by Crippen LogP contribution is 2.69. The largest absolute Gasteiger partial charge is 0.462 e. The van der Waals surface area contributed by atoms with Crippen molar-refractivity contribution in [2.75, 3.05) is 6.61 Å². The van der Waals surface area contributed by atoms with Gasteiger partial charge in [0.05, 0.1) is 5.41 Å². The Balaban J connectivity index is 1.27. The van der Waals surface area contributed by atoms with E-state index >= 15 is 0 Å². The molecule has 0 aromatic carbocycles. The number of carbonyl (C=O) groups is 4. The van der Waals surface area contributed by atoms with Crippen LogP contribution in [-0.2, 0) is 38.1 Å². The summed E-state index contributed by atoms with van der Waals surface area (Å²) in [4.78, 5) is 50.4. The van der Waals surface area contributed by atoms with Crippen molar-refractivity contribution in [1.82, 2.24) is 0 Å². The number of cyclic esters (lactones) is 1. The first-order valence-corrected chi connectivity index (χ1v) is 18.2. The van der Waals surface area contributed by atoms with Gasteiger partial charge in [-0.1, -0.05) is 41.5 Å². The van der Waals surface area contributed by atoms with Crippen LogP contribution in [0.3, 0.4) is 0 Å². The average molecular weight is 645 g/mol. The van der Waals surface area contributed by atoms with E-state index in [2.05, 4.69) is 20.8 Å². The minimum atomic E-state index is -0.834. The Bertz CT molecular complexity index is 1190. The Morgan fingerprint density at radius 1 is 0.935 bits per heavy atom. The average Bonchev–Trinajstić information content (AvgIpc) is 3.47. The molecule has 0 radical (unpaired) electrons. The van der Waals surface area contributed by atoms with Gasteiger partial charge in [-0.15, -0.1) is 0 Å². The second kappa shape index (κ2) is 12.7. The Kier molecular flexibility index (Phi) is 9.74. The first-order valence-electron chi connectivity index (χ1n) is 18.2. The van der Waals surface area contributed by atoms with Crippen molar-refractivity contribution in [3.63, 3.8) is 0 Å². The van der Waals surface area contributed by atoms with Gasteiger partial charge >= 0.3 is 23.9 Å². The zero-order valence-electron chi connectivity index (χ0n) is 29.9. The second-order valence-electron chi connectivity index (χ2n) is 17.6. The molecular weight excluding hydrogens is 584 g/mol. The lowest BCUT2D eigenvalue weighted by Crippen LogP contribution is -2.59. The number of fused-ring (bicyclic) bond motifs is 5. The third-order valence-electron chi connectivity index (χ3n) is 14.0. The second-order valence-corrected chi connectivity index (χ2v) is 17.6. The molecule has 1 saturated heterocycles. The van der Waals surface area contributed by atoms with Crippen molar-refractivity contribution in [2.24, 2.45) is 57.2 Å². The van der Waals surface area contributed by atoms with Crippen LogP contribution in [0, 0.1) is 57.2 Å². The summed E-state index contributed by atoms with van der Waals surface area (Å²) in [5.41, 5.74) is -0.743. The molecule has 5 aliphatic rings. The summed E-state index contributed by atoms with van der Waals surface area (Å²) < 4.78 is 23.1. The molecule has 7 unspecified atom stereocenters. The Labute approximate surface area is 276 Å². The van der Waals surface area contributed by atoms with Crippen LogP contribution < -0.4 is 0 Å². The van der Waals surface area contributed by atoms with Crippen LogP contribution in [0.2, 0.25) is 0 Å². The van der Waals surface area contributed by atoms with Crippen molar-refractivity contribution in [3.8, 4) is 0 Å². The lowest BCUT2D eigenvalue weighted by molar-refractivity contribution is -0.199. The molecule has 1 aliphatic heterocycles. The van der Waals surface area contributed by atoms with Crippen LogP contribution >= 0.6 is 0 Å². The molecule has 5 rings (SSSR count). The zero-order chi connectivity index (χ0) is 33.8. The maximum absolute atomic E-state index is 13.0. The van der Waals surface area contributed by atoms with E-state index in [0.717, 1.165) is 64.2 Å². The SMILES string of the molecule is CCC(C)(C)C(=O)O[C@H]1CC[C@@]2(C)C(C1)C[C@@H](OC(C)=O)C1C3CCC(C(C)CCC(=O)OC4C(=O)OCC4(C)C)[C@@]3(C)CCC12. The molecule has 0 aromatic rings.